The van der Waals surface area contributed by atoms with E-state index in [1.165, 1.54) is 12.8 Å². The Hall–Kier alpha value is -1.26. The second kappa shape index (κ2) is 6.78. The molecule has 0 saturated heterocycles. The van der Waals surface area contributed by atoms with Crippen molar-refractivity contribution in [3.05, 3.63) is 0 Å². The second-order valence-corrected chi connectivity index (χ2v) is 6.08. The minimum absolute atomic E-state index is 0.0814. The predicted molar refractivity (Wildman–Crippen MR) is 73.9 cm³/mol. The molecule has 0 aromatic heterocycles. The van der Waals surface area contributed by atoms with Crippen LogP contribution in [0.4, 0.5) is 4.79 Å². The van der Waals surface area contributed by atoms with E-state index in [-0.39, 0.29) is 5.91 Å². The normalized spacial score (nSPS) is 16.2. The fourth-order valence-corrected chi connectivity index (χ4v) is 2.41. The van der Waals surface area contributed by atoms with E-state index in [0.717, 1.165) is 12.8 Å². The Kier molecular flexibility index (Phi) is 5.63. The van der Waals surface area contributed by atoms with Gasteiger partial charge < -0.3 is 15.0 Å². The van der Waals surface area contributed by atoms with Gasteiger partial charge in [-0.2, -0.15) is 0 Å². The number of hydrogen-bond acceptors (Lipinski definition) is 3. The summed E-state index contributed by atoms with van der Waals surface area (Å²) in [6.45, 7) is 8.06. The molecule has 0 aliphatic heterocycles. The second-order valence-electron chi connectivity index (χ2n) is 6.08. The SMILES string of the molecule is CC(=O)N(CCNC(=O)OC(C)(C)C)C1CCCC1. The summed E-state index contributed by atoms with van der Waals surface area (Å²) >= 11 is 0. The van der Waals surface area contributed by atoms with Crippen LogP contribution in [-0.2, 0) is 9.53 Å². The summed E-state index contributed by atoms with van der Waals surface area (Å²) in [6, 6.07) is 0.345. The Morgan fingerprint density at radius 2 is 1.84 bits per heavy atom. The lowest BCUT2D eigenvalue weighted by Crippen LogP contribution is -2.43. The first-order valence-electron chi connectivity index (χ1n) is 7.03. The molecule has 0 radical (unpaired) electrons. The lowest BCUT2D eigenvalue weighted by Gasteiger charge is -2.28. The molecule has 0 unspecified atom stereocenters. The van der Waals surface area contributed by atoms with Gasteiger partial charge in [-0.25, -0.2) is 4.79 Å². The van der Waals surface area contributed by atoms with Gasteiger partial charge in [0.1, 0.15) is 5.60 Å². The van der Waals surface area contributed by atoms with Gasteiger partial charge in [-0.1, -0.05) is 12.8 Å². The van der Waals surface area contributed by atoms with Gasteiger partial charge in [-0.3, -0.25) is 4.79 Å². The maximum Gasteiger partial charge on any atom is 0.407 e. The van der Waals surface area contributed by atoms with Gasteiger partial charge in [0.25, 0.3) is 0 Å². The van der Waals surface area contributed by atoms with E-state index in [9.17, 15) is 9.59 Å². The van der Waals surface area contributed by atoms with E-state index in [1.807, 2.05) is 25.7 Å². The number of carbonyl (C=O) groups is 2. The smallest absolute Gasteiger partial charge is 0.407 e. The minimum Gasteiger partial charge on any atom is -0.444 e. The summed E-state index contributed by atoms with van der Waals surface area (Å²) in [5, 5.41) is 2.69. The molecule has 0 bridgehead atoms. The van der Waals surface area contributed by atoms with Crippen molar-refractivity contribution in [1.29, 1.82) is 0 Å². The molecule has 2 amide bonds. The Bertz CT molecular complexity index is 317. The Morgan fingerprint density at radius 3 is 2.32 bits per heavy atom. The molecular weight excluding hydrogens is 244 g/mol. The average Bonchev–Trinajstić information content (AvgIpc) is 2.74. The number of nitrogens with one attached hydrogen (secondary N) is 1. The van der Waals surface area contributed by atoms with E-state index in [2.05, 4.69) is 5.32 Å². The Balaban J connectivity index is 2.32. The van der Waals surface area contributed by atoms with Crippen molar-refractivity contribution in [2.24, 2.45) is 0 Å². The average molecular weight is 270 g/mol. The first-order chi connectivity index (χ1) is 8.79. The maximum atomic E-state index is 11.6. The molecule has 0 aromatic carbocycles. The van der Waals surface area contributed by atoms with Crippen molar-refractivity contribution in [1.82, 2.24) is 10.2 Å². The molecule has 0 spiro atoms. The largest absolute Gasteiger partial charge is 0.444 e. The van der Waals surface area contributed by atoms with Crippen LogP contribution in [0.2, 0.25) is 0 Å². The standard InChI is InChI=1S/C14H26N2O3/c1-11(17)16(12-7-5-6-8-12)10-9-15-13(18)19-14(2,3)4/h12H,5-10H2,1-4H3,(H,15,18). The van der Waals surface area contributed by atoms with E-state index in [0.29, 0.717) is 19.1 Å². The summed E-state index contributed by atoms with van der Waals surface area (Å²) in [5.41, 5.74) is -0.490. The van der Waals surface area contributed by atoms with Gasteiger partial charge in [0.05, 0.1) is 0 Å². The van der Waals surface area contributed by atoms with Crippen LogP contribution in [-0.4, -0.2) is 41.6 Å². The van der Waals surface area contributed by atoms with Crippen molar-refractivity contribution < 1.29 is 14.3 Å². The summed E-state index contributed by atoms with van der Waals surface area (Å²) in [5.74, 6) is 0.0814. The molecule has 5 heteroatoms. The zero-order chi connectivity index (χ0) is 14.5. The molecule has 0 atom stereocenters. The fraction of sp³-hybridized carbons (Fsp3) is 0.857. The van der Waals surface area contributed by atoms with Crippen molar-refractivity contribution >= 4 is 12.0 Å². The van der Waals surface area contributed by atoms with Crippen LogP contribution in [0.15, 0.2) is 0 Å². The zero-order valence-electron chi connectivity index (χ0n) is 12.5. The van der Waals surface area contributed by atoms with Crippen molar-refractivity contribution in [2.75, 3.05) is 13.1 Å². The zero-order valence-corrected chi connectivity index (χ0v) is 12.5. The molecule has 5 nitrogen and oxygen atoms in total. The highest BCUT2D eigenvalue weighted by molar-refractivity contribution is 5.73. The lowest BCUT2D eigenvalue weighted by molar-refractivity contribution is -0.131. The van der Waals surface area contributed by atoms with Crippen LogP contribution in [0.3, 0.4) is 0 Å². The van der Waals surface area contributed by atoms with Gasteiger partial charge in [-0.15, -0.1) is 0 Å². The number of nitrogens with zero attached hydrogens (tertiary/aromatic N) is 1. The molecular formula is C14H26N2O3. The number of alkyl carbamates (subject to hydrolysis) is 1. The molecule has 1 rings (SSSR count). The highest BCUT2D eigenvalue weighted by Gasteiger charge is 2.24. The number of amides is 2. The van der Waals surface area contributed by atoms with E-state index < -0.39 is 11.7 Å². The molecule has 1 aliphatic carbocycles. The van der Waals surface area contributed by atoms with Crippen LogP contribution in [0.5, 0.6) is 0 Å². The summed E-state index contributed by atoms with van der Waals surface area (Å²) < 4.78 is 5.15. The van der Waals surface area contributed by atoms with Crippen LogP contribution in [0.25, 0.3) is 0 Å². The number of hydrogen-bond donors (Lipinski definition) is 1. The molecule has 0 aromatic rings. The summed E-state index contributed by atoms with van der Waals surface area (Å²) in [6.07, 6.45) is 4.10. The maximum absolute atomic E-state index is 11.6. The van der Waals surface area contributed by atoms with E-state index >= 15 is 0 Å². The van der Waals surface area contributed by atoms with Gasteiger partial charge in [0, 0.05) is 26.1 Å². The summed E-state index contributed by atoms with van der Waals surface area (Å²) in [7, 11) is 0. The van der Waals surface area contributed by atoms with Crippen LogP contribution in [0, 0.1) is 0 Å². The van der Waals surface area contributed by atoms with Crippen molar-refractivity contribution in [3.8, 4) is 0 Å². The molecule has 1 fully saturated rings. The first kappa shape index (κ1) is 15.8. The van der Waals surface area contributed by atoms with Crippen LogP contribution in [0.1, 0.15) is 53.4 Å². The molecule has 110 valence electrons. The quantitative estimate of drug-likeness (QED) is 0.852. The van der Waals surface area contributed by atoms with Crippen LogP contribution < -0.4 is 5.32 Å². The Morgan fingerprint density at radius 1 is 1.26 bits per heavy atom. The third-order valence-electron chi connectivity index (χ3n) is 3.19. The molecule has 19 heavy (non-hydrogen) atoms. The van der Waals surface area contributed by atoms with Gasteiger partial charge in [0.2, 0.25) is 5.91 Å². The topological polar surface area (TPSA) is 58.6 Å². The predicted octanol–water partition coefficient (Wildman–Crippen LogP) is 2.30. The van der Waals surface area contributed by atoms with Gasteiger partial charge in [-0.05, 0) is 33.6 Å². The third kappa shape index (κ3) is 5.94. The third-order valence-corrected chi connectivity index (χ3v) is 3.19. The summed E-state index contributed by atoms with van der Waals surface area (Å²) in [4.78, 5) is 25.0. The van der Waals surface area contributed by atoms with Crippen molar-refractivity contribution in [2.45, 2.75) is 65.0 Å². The first-order valence-corrected chi connectivity index (χ1v) is 7.03. The highest BCUT2D eigenvalue weighted by atomic mass is 16.6. The monoisotopic (exact) mass is 270 g/mol. The van der Waals surface area contributed by atoms with Gasteiger partial charge in [0.15, 0.2) is 0 Å². The number of carbonyl (C=O) groups excluding carboxylic acids is 2. The molecule has 0 heterocycles. The Labute approximate surface area is 115 Å². The lowest BCUT2D eigenvalue weighted by atomic mass is 10.2. The van der Waals surface area contributed by atoms with E-state index in [4.69, 9.17) is 4.74 Å². The highest BCUT2D eigenvalue weighted by Crippen LogP contribution is 2.23. The molecule has 1 saturated carbocycles. The van der Waals surface area contributed by atoms with Crippen LogP contribution >= 0.6 is 0 Å². The number of rotatable bonds is 4. The van der Waals surface area contributed by atoms with E-state index in [1.54, 1.807) is 6.92 Å². The molecule has 1 aliphatic rings. The fourth-order valence-electron chi connectivity index (χ4n) is 2.41. The number of ether oxygens (including phenoxy) is 1. The minimum atomic E-state index is -0.490. The van der Waals surface area contributed by atoms with Gasteiger partial charge >= 0.3 is 6.09 Å². The van der Waals surface area contributed by atoms with Crippen molar-refractivity contribution in [3.63, 3.8) is 0 Å². The molecule has 1 N–H and O–H groups in total.